The molecule has 1 amide bonds. The number of benzene rings is 2. The zero-order chi connectivity index (χ0) is 19.2. The van der Waals surface area contributed by atoms with Gasteiger partial charge >= 0.3 is 0 Å². The highest BCUT2D eigenvalue weighted by molar-refractivity contribution is 6.31. The Morgan fingerprint density at radius 2 is 1.78 bits per heavy atom. The number of hydrogen-bond donors (Lipinski definition) is 0. The van der Waals surface area contributed by atoms with Gasteiger partial charge in [-0.2, -0.15) is 0 Å². The standard InChI is InChI=1S/C22H22ClNO3/c1-16-10-17(2)12-20(11-16)27-15-22(25)24(14-19-7-5-9-26-19)13-18-6-3-4-8-21(18)23/h3-12H,13-15H2,1-2H3. The van der Waals surface area contributed by atoms with Gasteiger partial charge in [0.1, 0.15) is 11.5 Å². The van der Waals surface area contributed by atoms with Gasteiger partial charge in [-0.15, -0.1) is 0 Å². The zero-order valence-corrected chi connectivity index (χ0v) is 16.2. The van der Waals surface area contributed by atoms with Crippen molar-refractivity contribution in [3.63, 3.8) is 0 Å². The van der Waals surface area contributed by atoms with Gasteiger partial charge in [0.2, 0.25) is 0 Å². The predicted molar refractivity (Wildman–Crippen MR) is 106 cm³/mol. The molecule has 2 aromatic carbocycles. The number of furan rings is 1. The lowest BCUT2D eigenvalue weighted by atomic mass is 10.1. The summed E-state index contributed by atoms with van der Waals surface area (Å²) in [4.78, 5) is 14.5. The Hall–Kier alpha value is -2.72. The number of carbonyl (C=O) groups is 1. The average molecular weight is 384 g/mol. The van der Waals surface area contributed by atoms with Gasteiger partial charge in [0, 0.05) is 11.6 Å². The van der Waals surface area contributed by atoms with Gasteiger partial charge in [0.15, 0.2) is 6.61 Å². The lowest BCUT2D eigenvalue weighted by Gasteiger charge is -2.22. The van der Waals surface area contributed by atoms with Crippen LogP contribution in [-0.2, 0) is 17.9 Å². The molecule has 4 nitrogen and oxygen atoms in total. The van der Waals surface area contributed by atoms with Crippen molar-refractivity contribution in [3.8, 4) is 5.75 Å². The summed E-state index contributed by atoms with van der Waals surface area (Å²) in [5, 5.41) is 0.630. The van der Waals surface area contributed by atoms with Crippen molar-refractivity contribution in [1.29, 1.82) is 0 Å². The van der Waals surface area contributed by atoms with Crippen molar-refractivity contribution in [2.24, 2.45) is 0 Å². The molecule has 0 N–H and O–H groups in total. The molecule has 0 aliphatic rings. The van der Waals surface area contributed by atoms with Gasteiger partial charge in [0.25, 0.3) is 5.91 Å². The minimum absolute atomic E-state index is 0.0476. The first-order valence-electron chi connectivity index (χ1n) is 8.76. The molecule has 3 rings (SSSR count). The second kappa shape index (κ2) is 8.78. The van der Waals surface area contributed by atoms with Crippen molar-refractivity contribution in [2.75, 3.05) is 6.61 Å². The van der Waals surface area contributed by atoms with Crippen molar-refractivity contribution >= 4 is 17.5 Å². The van der Waals surface area contributed by atoms with Crippen LogP contribution in [0.3, 0.4) is 0 Å². The van der Waals surface area contributed by atoms with Crippen LogP contribution in [0.4, 0.5) is 0 Å². The Kier molecular flexibility index (Phi) is 6.20. The van der Waals surface area contributed by atoms with Gasteiger partial charge in [-0.1, -0.05) is 35.9 Å². The molecule has 3 aromatic rings. The fourth-order valence-corrected chi connectivity index (χ4v) is 3.10. The molecule has 0 bridgehead atoms. The number of carbonyl (C=O) groups excluding carboxylic acids is 1. The van der Waals surface area contributed by atoms with Gasteiger partial charge in [-0.25, -0.2) is 0 Å². The van der Waals surface area contributed by atoms with E-state index < -0.39 is 0 Å². The summed E-state index contributed by atoms with van der Waals surface area (Å²) < 4.78 is 11.2. The Balaban J connectivity index is 1.72. The van der Waals surface area contributed by atoms with Crippen LogP contribution < -0.4 is 4.74 Å². The van der Waals surface area contributed by atoms with Crippen molar-refractivity contribution < 1.29 is 13.9 Å². The third kappa shape index (κ3) is 5.38. The molecule has 0 spiro atoms. The minimum atomic E-state index is -0.134. The maximum absolute atomic E-state index is 12.8. The number of hydrogen-bond acceptors (Lipinski definition) is 3. The summed E-state index contributed by atoms with van der Waals surface area (Å²) in [5.74, 6) is 1.27. The van der Waals surface area contributed by atoms with E-state index in [2.05, 4.69) is 6.07 Å². The summed E-state index contributed by atoms with van der Waals surface area (Å²) in [7, 11) is 0. The summed E-state index contributed by atoms with van der Waals surface area (Å²) in [6.45, 7) is 4.70. The molecule has 0 unspecified atom stereocenters. The SMILES string of the molecule is Cc1cc(C)cc(OCC(=O)N(Cc2ccco2)Cc2ccccc2Cl)c1. The minimum Gasteiger partial charge on any atom is -0.484 e. The number of ether oxygens (including phenoxy) is 1. The quantitative estimate of drug-likeness (QED) is 0.566. The van der Waals surface area contributed by atoms with E-state index in [-0.39, 0.29) is 12.5 Å². The van der Waals surface area contributed by atoms with E-state index in [9.17, 15) is 4.79 Å². The first-order valence-corrected chi connectivity index (χ1v) is 9.14. The smallest absolute Gasteiger partial charge is 0.261 e. The lowest BCUT2D eigenvalue weighted by Crippen LogP contribution is -2.34. The molecule has 0 fully saturated rings. The number of halogens is 1. The third-order valence-corrected chi connectivity index (χ3v) is 4.52. The summed E-state index contributed by atoms with van der Waals surface area (Å²) in [5.41, 5.74) is 3.08. The number of rotatable bonds is 7. The van der Waals surface area contributed by atoms with Gasteiger partial charge in [-0.05, 0) is 60.9 Å². The highest BCUT2D eigenvalue weighted by atomic mass is 35.5. The van der Waals surface area contributed by atoms with Gasteiger partial charge in [-0.3, -0.25) is 4.79 Å². The van der Waals surface area contributed by atoms with Crippen molar-refractivity contribution in [1.82, 2.24) is 4.90 Å². The molecule has 27 heavy (non-hydrogen) atoms. The summed E-state index contributed by atoms with van der Waals surface area (Å²) in [6, 6.07) is 17.1. The predicted octanol–water partition coefficient (Wildman–Crippen LogP) is 5.16. The van der Waals surface area contributed by atoms with Crippen LogP contribution in [0.5, 0.6) is 5.75 Å². The normalized spacial score (nSPS) is 10.6. The Morgan fingerprint density at radius 1 is 1.04 bits per heavy atom. The Morgan fingerprint density at radius 3 is 2.44 bits per heavy atom. The maximum Gasteiger partial charge on any atom is 0.261 e. The van der Waals surface area contributed by atoms with E-state index in [0.717, 1.165) is 16.7 Å². The number of amides is 1. The van der Waals surface area contributed by atoms with E-state index in [1.807, 2.05) is 56.3 Å². The molecule has 1 aromatic heterocycles. The molecule has 1 heterocycles. The molecule has 0 radical (unpaired) electrons. The fourth-order valence-electron chi connectivity index (χ4n) is 2.91. The second-order valence-corrected chi connectivity index (χ2v) is 6.94. The van der Waals surface area contributed by atoms with Crippen LogP contribution in [0.25, 0.3) is 0 Å². The topological polar surface area (TPSA) is 42.7 Å². The van der Waals surface area contributed by atoms with Gasteiger partial charge < -0.3 is 14.1 Å². The van der Waals surface area contributed by atoms with E-state index in [4.69, 9.17) is 20.8 Å². The zero-order valence-electron chi connectivity index (χ0n) is 15.4. The lowest BCUT2D eigenvalue weighted by molar-refractivity contribution is -0.134. The molecular weight excluding hydrogens is 362 g/mol. The van der Waals surface area contributed by atoms with Crippen molar-refractivity contribution in [2.45, 2.75) is 26.9 Å². The fraction of sp³-hybridized carbons (Fsp3) is 0.227. The highest BCUT2D eigenvalue weighted by Gasteiger charge is 2.18. The third-order valence-electron chi connectivity index (χ3n) is 4.16. The molecule has 0 saturated carbocycles. The molecule has 5 heteroatoms. The molecular formula is C22H22ClNO3. The van der Waals surface area contributed by atoms with Crippen LogP contribution in [0.2, 0.25) is 5.02 Å². The molecule has 140 valence electrons. The Bertz CT molecular complexity index is 885. The molecule has 0 aliphatic heterocycles. The Labute approximate surface area is 164 Å². The van der Waals surface area contributed by atoms with E-state index in [0.29, 0.717) is 29.6 Å². The summed E-state index contributed by atoms with van der Waals surface area (Å²) in [6.07, 6.45) is 1.60. The van der Waals surface area contributed by atoms with Crippen molar-refractivity contribution in [3.05, 3.63) is 88.3 Å². The first kappa shape index (κ1) is 19.1. The monoisotopic (exact) mass is 383 g/mol. The number of aryl methyl sites for hydroxylation is 2. The van der Waals surface area contributed by atoms with E-state index in [1.54, 1.807) is 17.2 Å². The molecule has 0 saturated heterocycles. The van der Waals surface area contributed by atoms with Gasteiger partial charge in [0.05, 0.1) is 12.8 Å². The molecule has 0 atom stereocenters. The number of nitrogens with zero attached hydrogens (tertiary/aromatic N) is 1. The van der Waals surface area contributed by atoms with Crippen LogP contribution in [0.15, 0.2) is 65.3 Å². The first-order chi connectivity index (χ1) is 13.0. The largest absolute Gasteiger partial charge is 0.484 e. The maximum atomic E-state index is 12.8. The van der Waals surface area contributed by atoms with Crippen LogP contribution in [0.1, 0.15) is 22.5 Å². The van der Waals surface area contributed by atoms with Crippen LogP contribution >= 0.6 is 11.6 Å². The molecule has 0 aliphatic carbocycles. The summed E-state index contributed by atoms with van der Waals surface area (Å²) >= 11 is 6.27. The average Bonchev–Trinajstić information content (AvgIpc) is 3.13. The van der Waals surface area contributed by atoms with E-state index in [1.165, 1.54) is 0 Å². The van der Waals surface area contributed by atoms with E-state index >= 15 is 0 Å². The van der Waals surface area contributed by atoms with Crippen LogP contribution in [0, 0.1) is 13.8 Å². The highest BCUT2D eigenvalue weighted by Crippen LogP contribution is 2.20. The van der Waals surface area contributed by atoms with Crippen LogP contribution in [-0.4, -0.2) is 17.4 Å². The second-order valence-electron chi connectivity index (χ2n) is 6.53.